The van der Waals surface area contributed by atoms with Gasteiger partial charge in [-0.15, -0.1) is 0 Å². The van der Waals surface area contributed by atoms with Gasteiger partial charge in [0.1, 0.15) is 0 Å². The molecule has 0 aliphatic carbocycles. The van der Waals surface area contributed by atoms with E-state index in [9.17, 15) is 0 Å². The van der Waals surface area contributed by atoms with Gasteiger partial charge in [-0.3, -0.25) is 0 Å². The minimum absolute atomic E-state index is 1.17. The Morgan fingerprint density at radius 3 is 2.62 bits per heavy atom. The SMILES string of the molecule is C=C([CH+]C)CCCC. The zero-order valence-corrected chi connectivity index (χ0v) is 5.91. The second kappa shape index (κ2) is 4.76. The van der Waals surface area contributed by atoms with Gasteiger partial charge in [0, 0.05) is 26.3 Å². The molecule has 0 aromatic heterocycles. The summed E-state index contributed by atoms with van der Waals surface area (Å²) in [6.45, 7) is 8.09. The first kappa shape index (κ1) is 7.61. The standard InChI is InChI=1S/C8H15/c1-4-6-7-8(3)5-2/h5H,3-4,6-7H2,1-2H3/q+1. The quantitative estimate of drug-likeness (QED) is 0.489. The summed E-state index contributed by atoms with van der Waals surface area (Å²) in [4.78, 5) is 0. The van der Waals surface area contributed by atoms with Crippen molar-refractivity contribution in [2.45, 2.75) is 33.1 Å². The number of hydrogen-bond acceptors (Lipinski definition) is 0. The van der Waals surface area contributed by atoms with Gasteiger partial charge in [0.25, 0.3) is 0 Å². The third-order valence-corrected chi connectivity index (χ3v) is 1.26. The van der Waals surface area contributed by atoms with Gasteiger partial charge in [0.15, 0.2) is 0 Å². The summed E-state index contributed by atoms with van der Waals surface area (Å²) in [6.07, 6.45) is 5.80. The Hall–Kier alpha value is -0.390. The Balaban J connectivity index is 2.99. The highest BCUT2D eigenvalue weighted by Crippen LogP contribution is 2.06. The maximum absolute atomic E-state index is 3.86. The third kappa shape index (κ3) is 3.79. The second-order valence-corrected chi connectivity index (χ2v) is 2.05. The third-order valence-electron chi connectivity index (χ3n) is 1.26. The van der Waals surface area contributed by atoms with Gasteiger partial charge >= 0.3 is 0 Å². The molecule has 8 heavy (non-hydrogen) atoms. The van der Waals surface area contributed by atoms with Crippen molar-refractivity contribution in [3.05, 3.63) is 18.6 Å². The molecule has 0 heterocycles. The van der Waals surface area contributed by atoms with Crippen molar-refractivity contribution in [3.8, 4) is 0 Å². The van der Waals surface area contributed by atoms with Crippen LogP contribution in [0, 0.1) is 6.42 Å². The van der Waals surface area contributed by atoms with Gasteiger partial charge < -0.3 is 0 Å². The molecule has 0 spiro atoms. The molecule has 0 fully saturated rings. The number of allylic oxidation sites excluding steroid dienone is 1. The van der Waals surface area contributed by atoms with Crippen molar-refractivity contribution < 1.29 is 0 Å². The van der Waals surface area contributed by atoms with Crippen LogP contribution in [0.15, 0.2) is 12.2 Å². The van der Waals surface area contributed by atoms with Crippen molar-refractivity contribution >= 4 is 0 Å². The highest BCUT2D eigenvalue weighted by Gasteiger charge is 1.94. The fourth-order valence-corrected chi connectivity index (χ4v) is 0.548. The van der Waals surface area contributed by atoms with E-state index in [1.165, 1.54) is 24.8 Å². The van der Waals surface area contributed by atoms with Crippen LogP contribution in [-0.2, 0) is 0 Å². The normalized spacial score (nSPS) is 8.75. The molecule has 0 saturated heterocycles. The van der Waals surface area contributed by atoms with Crippen molar-refractivity contribution in [2.75, 3.05) is 0 Å². The second-order valence-electron chi connectivity index (χ2n) is 2.05. The van der Waals surface area contributed by atoms with Crippen LogP contribution >= 0.6 is 0 Å². The Kier molecular flexibility index (Phi) is 4.53. The summed E-state index contributed by atoms with van der Waals surface area (Å²) in [7, 11) is 0. The van der Waals surface area contributed by atoms with E-state index in [1.54, 1.807) is 0 Å². The van der Waals surface area contributed by atoms with Crippen LogP contribution in [0.2, 0.25) is 0 Å². The van der Waals surface area contributed by atoms with Gasteiger partial charge in [-0.05, 0) is 6.42 Å². The lowest BCUT2D eigenvalue weighted by atomic mass is 10.1. The number of hydrogen-bond donors (Lipinski definition) is 0. The Morgan fingerprint density at radius 2 is 2.25 bits per heavy atom. The number of unbranched alkanes of at least 4 members (excludes halogenated alkanes) is 1. The molecule has 0 aliphatic rings. The van der Waals surface area contributed by atoms with Gasteiger partial charge in [-0.1, -0.05) is 13.3 Å². The summed E-state index contributed by atoms with van der Waals surface area (Å²) in [6, 6.07) is 0. The molecule has 0 nitrogen and oxygen atoms in total. The van der Waals surface area contributed by atoms with Gasteiger partial charge in [0.2, 0.25) is 0 Å². The minimum atomic E-state index is 1.17. The Morgan fingerprint density at radius 1 is 1.62 bits per heavy atom. The molecule has 0 amide bonds. The van der Waals surface area contributed by atoms with Crippen LogP contribution in [0.3, 0.4) is 0 Å². The van der Waals surface area contributed by atoms with E-state index in [4.69, 9.17) is 0 Å². The number of rotatable bonds is 4. The smallest absolute Gasteiger partial charge is 0.0654 e. The fraction of sp³-hybridized carbons (Fsp3) is 0.625. The zero-order chi connectivity index (χ0) is 6.41. The topological polar surface area (TPSA) is 0 Å². The van der Waals surface area contributed by atoms with E-state index in [-0.39, 0.29) is 0 Å². The van der Waals surface area contributed by atoms with Crippen molar-refractivity contribution in [1.82, 2.24) is 0 Å². The molecule has 0 heteroatoms. The Bertz CT molecular complexity index is 62.4. The molecule has 0 rings (SSSR count). The summed E-state index contributed by atoms with van der Waals surface area (Å²) in [5.74, 6) is 0. The molecule has 0 atom stereocenters. The highest BCUT2D eigenvalue weighted by molar-refractivity contribution is 5.04. The molecule has 46 valence electrons. The van der Waals surface area contributed by atoms with Crippen LogP contribution in [-0.4, -0.2) is 0 Å². The van der Waals surface area contributed by atoms with Crippen molar-refractivity contribution in [2.24, 2.45) is 0 Å². The first-order chi connectivity index (χ1) is 3.81. The molecule has 0 radical (unpaired) electrons. The van der Waals surface area contributed by atoms with Crippen LogP contribution in [0.25, 0.3) is 0 Å². The van der Waals surface area contributed by atoms with Gasteiger partial charge in [-0.25, -0.2) is 0 Å². The first-order valence-corrected chi connectivity index (χ1v) is 3.28. The average molecular weight is 111 g/mol. The van der Waals surface area contributed by atoms with E-state index >= 15 is 0 Å². The predicted octanol–water partition coefficient (Wildman–Crippen LogP) is 2.96. The van der Waals surface area contributed by atoms with Crippen molar-refractivity contribution in [3.63, 3.8) is 0 Å². The average Bonchev–Trinajstić information content (AvgIpc) is 1.83. The van der Waals surface area contributed by atoms with Crippen LogP contribution in [0.4, 0.5) is 0 Å². The molecule has 0 saturated carbocycles. The van der Waals surface area contributed by atoms with Crippen LogP contribution in [0.1, 0.15) is 33.1 Å². The van der Waals surface area contributed by atoms with Gasteiger partial charge in [-0.2, -0.15) is 0 Å². The maximum Gasteiger partial charge on any atom is 0.0989 e. The molecular formula is C8H15+. The highest BCUT2D eigenvalue weighted by atomic mass is 13.9. The maximum atomic E-state index is 3.86. The van der Waals surface area contributed by atoms with E-state index in [0.717, 1.165) is 0 Å². The van der Waals surface area contributed by atoms with E-state index in [1.807, 2.05) is 6.92 Å². The summed E-state index contributed by atoms with van der Waals surface area (Å²) in [5.41, 5.74) is 1.27. The molecule has 0 unspecified atom stereocenters. The lowest BCUT2D eigenvalue weighted by Crippen LogP contribution is -1.77. The summed E-state index contributed by atoms with van der Waals surface area (Å²) < 4.78 is 0. The minimum Gasteiger partial charge on any atom is -0.0654 e. The van der Waals surface area contributed by atoms with E-state index in [2.05, 4.69) is 19.9 Å². The predicted molar refractivity (Wildman–Crippen MR) is 38.6 cm³/mol. The van der Waals surface area contributed by atoms with E-state index in [0.29, 0.717) is 0 Å². The zero-order valence-electron chi connectivity index (χ0n) is 5.91. The lowest BCUT2D eigenvalue weighted by Gasteiger charge is -1.89. The largest absolute Gasteiger partial charge is 0.0989 e. The van der Waals surface area contributed by atoms with E-state index < -0.39 is 0 Å². The fourth-order valence-electron chi connectivity index (χ4n) is 0.548. The van der Waals surface area contributed by atoms with Crippen LogP contribution < -0.4 is 0 Å². The molecule has 0 aromatic rings. The Labute approximate surface area is 52.6 Å². The molecule has 0 bridgehead atoms. The summed E-state index contributed by atoms with van der Waals surface area (Å²) in [5, 5.41) is 0. The lowest BCUT2D eigenvalue weighted by molar-refractivity contribution is 0.792. The monoisotopic (exact) mass is 111 g/mol. The first-order valence-electron chi connectivity index (χ1n) is 3.28. The molecule has 0 aliphatic heterocycles. The molecule has 0 aromatic carbocycles. The molecule has 0 N–H and O–H groups in total. The summed E-state index contributed by atoms with van der Waals surface area (Å²) >= 11 is 0. The van der Waals surface area contributed by atoms with Gasteiger partial charge in [0.05, 0.1) is 5.57 Å². The van der Waals surface area contributed by atoms with Crippen LogP contribution in [0.5, 0.6) is 0 Å². The van der Waals surface area contributed by atoms with Crippen molar-refractivity contribution in [1.29, 1.82) is 0 Å². The molecular weight excluding hydrogens is 96.1 g/mol.